The molecular weight excluding hydrogens is 905 g/mol. The zero-order valence-electron chi connectivity index (χ0n) is 41.3. The number of carboxylic acids is 1. The Labute approximate surface area is 426 Å². The lowest BCUT2D eigenvalue weighted by molar-refractivity contribution is 0.0696. The molecule has 72 heavy (non-hydrogen) atoms. The molecule has 4 aromatic heterocycles. The third-order valence-corrected chi connectivity index (χ3v) is 12.1. The number of pyridine rings is 2. The van der Waals surface area contributed by atoms with Gasteiger partial charge >= 0.3 is 5.97 Å². The summed E-state index contributed by atoms with van der Waals surface area (Å²) >= 11 is 0. The quantitative estimate of drug-likeness (QED) is 0.0362. The molecule has 2 aliphatic heterocycles. The summed E-state index contributed by atoms with van der Waals surface area (Å²) in [6.07, 6.45) is 17.7. The number of aromatic nitrogens is 6. The Morgan fingerprint density at radius 3 is 1.46 bits per heavy atom. The molecule has 1 amide bonds. The number of nitrogens with two attached hydrogens (primary N) is 1. The van der Waals surface area contributed by atoms with Gasteiger partial charge in [-0.2, -0.15) is 9.97 Å². The zero-order valence-corrected chi connectivity index (χ0v) is 41.3. The van der Waals surface area contributed by atoms with E-state index in [2.05, 4.69) is 128 Å². The van der Waals surface area contributed by atoms with E-state index in [9.17, 15) is 9.59 Å². The van der Waals surface area contributed by atoms with Crippen molar-refractivity contribution < 1.29 is 14.7 Å². The molecule has 0 radical (unpaired) electrons. The minimum Gasteiger partial charge on any atom is -0.477 e. The van der Waals surface area contributed by atoms with Gasteiger partial charge in [0.2, 0.25) is 11.9 Å². The Hall–Kier alpha value is -7.08. The molecule has 0 atom stereocenters. The van der Waals surface area contributed by atoms with E-state index in [1.165, 1.54) is 22.9 Å². The molecule has 8 rings (SSSR count). The Morgan fingerprint density at radius 1 is 0.583 bits per heavy atom. The monoisotopic (exact) mass is 981 g/mol. The van der Waals surface area contributed by atoms with Crippen molar-refractivity contribution in [1.82, 2.24) is 45.0 Å². The summed E-state index contributed by atoms with van der Waals surface area (Å²) in [7, 11) is 0. The van der Waals surface area contributed by atoms with Gasteiger partial charge in [-0.3, -0.25) is 24.6 Å². The normalized spacial score (nSPS) is 14.0. The fourth-order valence-electron chi connectivity index (χ4n) is 8.04. The summed E-state index contributed by atoms with van der Waals surface area (Å²) in [5, 5.41) is 25.0. The second-order valence-electron chi connectivity index (χ2n) is 17.7. The fraction of sp³-hybridized carbons (Fsp3) is 0.418. The second kappa shape index (κ2) is 31.3. The van der Waals surface area contributed by atoms with Crippen LogP contribution in [0.4, 0.5) is 23.5 Å². The maximum Gasteiger partial charge on any atom is 0.341 e. The van der Waals surface area contributed by atoms with Crippen molar-refractivity contribution in [2.24, 2.45) is 5.73 Å². The van der Waals surface area contributed by atoms with E-state index < -0.39 is 5.97 Å². The summed E-state index contributed by atoms with van der Waals surface area (Å²) in [6, 6.07) is 29.7. The van der Waals surface area contributed by atoms with Crippen molar-refractivity contribution in [3.63, 3.8) is 0 Å². The van der Waals surface area contributed by atoms with E-state index in [0.29, 0.717) is 54.8 Å². The lowest BCUT2D eigenvalue weighted by Crippen LogP contribution is -2.44. The van der Waals surface area contributed by atoms with Crippen LogP contribution < -0.4 is 32.3 Å². The summed E-state index contributed by atoms with van der Waals surface area (Å²) in [4.78, 5) is 54.5. The number of carbonyl (C=O) groups excluding carboxylic acids is 1. The molecule has 2 aliphatic rings. The van der Waals surface area contributed by atoms with Gasteiger partial charge < -0.3 is 37.4 Å². The van der Waals surface area contributed by atoms with Crippen molar-refractivity contribution in [3.8, 4) is 0 Å². The summed E-state index contributed by atoms with van der Waals surface area (Å²) in [5.41, 5.74) is 11.5. The minimum absolute atomic E-state index is 0. The number of aromatic carboxylic acids is 1. The number of anilines is 4. The number of amides is 1. The highest BCUT2D eigenvalue weighted by Gasteiger charge is 2.23. The van der Waals surface area contributed by atoms with E-state index in [0.717, 1.165) is 103 Å². The van der Waals surface area contributed by atoms with E-state index in [1.807, 2.05) is 37.3 Å². The second-order valence-corrected chi connectivity index (χ2v) is 17.7. The predicted octanol–water partition coefficient (Wildman–Crippen LogP) is 8.03. The van der Waals surface area contributed by atoms with Crippen molar-refractivity contribution >= 4 is 35.4 Å². The molecule has 0 spiro atoms. The maximum atomic E-state index is 13.1. The molecule has 2 saturated heterocycles. The van der Waals surface area contributed by atoms with Gasteiger partial charge in [0.25, 0.3) is 5.91 Å². The number of likely N-dealkylation sites (tertiary alicyclic amines) is 2. The number of hydrogen-bond acceptors (Lipinski definition) is 15. The number of nitrogens with one attached hydrogen (secondary N) is 5. The van der Waals surface area contributed by atoms with E-state index in [4.69, 9.17) is 10.8 Å². The van der Waals surface area contributed by atoms with Gasteiger partial charge in [0.05, 0.1) is 0 Å². The summed E-state index contributed by atoms with van der Waals surface area (Å²) < 4.78 is 0. The van der Waals surface area contributed by atoms with Gasteiger partial charge in [-0.05, 0) is 111 Å². The van der Waals surface area contributed by atoms with E-state index in [1.54, 1.807) is 31.0 Å². The lowest BCUT2D eigenvalue weighted by Gasteiger charge is -2.32. The van der Waals surface area contributed by atoms with Crippen molar-refractivity contribution in [2.75, 3.05) is 73.6 Å². The van der Waals surface area contributed by atoms with Crippen LogP contribution in [0.25, 0.3) is 0 Å². The third kappa shape index (κ3) is 19.6. The van der Waals surface area contributed by atoms with Gasteiger partial charge in [-0.25, -0.2) is 14.8 Å². The van der Waals surface area contributed by atoms with Gasteiger partial charge in [-0.15, -0.1) is 0 Å². The lowest BCUT2D eigenvalue weighted by atomic mass is 10.0. The van der Waals surface area contributed by atoms with Crippen LogP contribution in [0.5, 0.6) is 0 Å². The molecule has 6 aromatic rings. The molecule has 2 aromatic carbocycles. The Morgan fingerprint density at radius 2 is 1.01 bits per heavy atom. The first-order valence-corrected chi connectivity index (χ1v) is 25.1. The molecule has 384 valence electrons. The zero-order chi connectivity index (χ0) is 49.9. The number of nitrogens with zero attached hydrogens (tertiary/aromatic N) is 8. The van der Waals surface area contributed by atoms with Gasteiger partial charge in [0.15, 0.2) is 0 Å². The average molecular weight is 981 g/mol. The Kier molecular flexibility index (Phi) is 24.3. The molecule has 0 bridgehead atoms. The molecule has 0 unspecified atom stereocenters. The number of hydrogen-bond donors (Lipinski definition) is 7. The third-order valence-electron chi connectivity index (χ3n) is 12.1. The SMILES string of the molecule is C.CCCNc1nc(NCCc2ccncc2)ncc1C(=O)NC1CCN(Cc2ccccc2)CC1.CCCNc1nc(NCCc2ccncc2)ncc1C(=O)O.NC1CCN(Cc2ccccc2)CC1. The van der Waals surface area contributed by atoms with Gasteiger partial charge in [0, 0.05) is 102 Å². The summed E-state index contributed by atoms with van der Waals surface area (Å²) in [6.45, 7) is 13.1. The van der Waals surface area contributed by atoms with Crippen LogP contribution >= 0.6 is 0 Å². The van der Waals surface area contributed by atoms with Gasteiger partial charge in [-0.1, -0.05) is 81.9 Å². The van der Waals surface area contributed by atoms with Crippen LogP contribution in [0, 0.1) is 0 Å². The average Bonchev–Trinajstić information content (AvgIpc) is 3.40. The molecule has 0 saturated carbocycles. The number of carboxylic acid groups (broad SMARTS) is 1. The molecular formula is C55H76N14O3. The van der Waals surface area contributed by atoms with Gasteiger partial charge in [0.1, 0.15) is 22.8 Å². The molecule has 6 heterocycles. The Bertz CT molecular complexity index is 2440. The van der Waals surface area contributed by atoms with Crippen LogP contribution in [0.15, 0.2) is 122 Å². The van der Waals surface area contributed by atoms with Crippen LogP contribution in [0.2, 0.25) is 0 Å². The number of piperidine rings is 2. The largest absolute Gasteiger partial charge is 0.477 e. The number of rotatable bonds is 21. The Balaban J connectivity index is 0.000000221. The fourth-order valence-corrected chi connectivity index (χ4v) is 8.04. The molecule has 2 fully saturated rings. The first-order valence-electron chi connectivity index (χ1n) is 25.1. The van der Waals surface area contributed by atoms with Crippen LogP contribution in [0.3, 0.4) is 0 Å². The number of carbonyl (C=O) groups is 2. The highest BCUT2D eigenvalue weighted by Crippen LogP contribution is 2.19. The minimum atomic E-state index is -1.04. The first-order chi connectivity index (χ1) is 34.8. The molecule has 17 nitrogen and oxygen atoms in total. The molecule has 8 N–H and O–H groups in total. The first kappa shape index (κ1) is 55.8. The maximum absolute atomic E-state index is 13.1. The predicted molar refractivity (Wildman–Crippen MR) is 289 cm³/mol. The molecule has 17 heteroatoms. The summed E-state index contributed by atoms with van der Waals surface area (Å²) in [5.74, 6) is 0.694. The molecule has 0 aliphatic carbocycles. The smallest absolute Gasteiger partial charge is 0.341 e. The van der Waals surface area contributed by atoms with Crippen molar-refractivity contribution in [1.29, 1.82) is 0 Å². The van der Waals surface area contributed by atoms with Crippen LogP contribution in [-0.2, 0) is 25.9 Å². The van der Waals surface area contributed by atoms with Crippen LogP contribution in [0.1, 0.15) is 103 Å². The highest BCUT2D eigenvalue weighted by molar-refractivity contribution is 5.98. The van der Waals surface area contributed by atoms with Crippen molar-refractivity contribution in [3.05, 3.63) is 155 Å². The number of benzene rings is 2. The topological polar surface area (TPSA) is 224 Å². The van der Waals surface area contributed by atoms with Crippen molar-refractivity contribution in [2.45, 2.75) is 97.8 Å². The van der Waals surface area contributed by atoms with E-state index in [-0.39, 0.29) is 24.9 Å². The standard InChI is InChI=1S/C27H35N7O.C15H19N5O2.C12H18N2.CH4/c1-2-13-29-25-24(19-31-27(33-25)30-16-10-21-8-14-28-15-9-21)26(35)32-23-11-17-34(18-12-23)20-22-6-4-3-5-7-22;1-2-6-17-13-12(14(21)22)10-19-15(20-13)18-9-5-11-3-7-16-8-4-11;13-12-6-8-14(9-7-12)10-11-4-2-1-3-5-11;/h3-9,14-15,19,23H,2,10-13,16-18,20H2,1H3,(H,32,35)(H2,29,30,31,33);3-4,7-8,10H,2,5-6,9H2,1H3,(H,21,22)(H2,17,18,19,20);1-5,12H,6-10,13H2;1H4. The van der Waals surface area contributed by atoms with E-state index >= 15 is 0 Å². The van der Waals surface area contributed by atoms with Crippen LogP contribution in [-0.4, -0.2) is 121 Å². The highest BCUT2D eigenvalue weighted by atomic mass is 16.4.